The fourth-order valence-corrected chi connectivity index (χ4v) is 1.97. The first-order valence-corrected chi connectivity index (χ1v) is 6.71. The number of rotatable bonds is 4. The van der Waals surface area contributed by atoms with E-state index in [0.29, 0.717) is 5.56 Å². The summed E-state index contributed by atoms with van der Waals surface area (Å²) in [6.07, 6.45) is 1.47. The second-order valence-corrected chi connectivity index (χ2v) is 4.96. The Hall–Kier alpha value is -2.93. The molecule has 110 valence electrons. The molecule has 0 bridgehead atoms. The SMILES string of the molecule is CN(C)c1ccc(/C=C(\C#N)C(=O)c2ccccc2F)cc1. The molecule has 0 aliphatic rings. The van der Waals surface area contributed by atoms with E-state index in [2.05, 4.69) is 0 Å². The van der Waals surface area contributed by atoms with Crippen LogP contribution in [0.4, 0.5) is 10.1 Å². The van der Waals surface area contributed by atoms with Crippen molar-refractivity contribution in [2.75, 3.05) is 19.0 Å². The number of benzene rings is 2. The van der Waals surface area contributed by atoms with Gasteiger partial charge in [-0.1, -0.05) is 24.3 Å². The van der Waals surface area contributed by atoms with Crippen molar-refractivity contribution in [2.24, 2.45) is 0 Å². The van der Waals surface area contributed by atoms with Crippen LogP contribution in [0.25, 0.3) is 6.08 Å². The maximum Gasteiger partial charge on any atom is 0.206 e. The van der Waals surface area contributed by atoms with Crippen molar-refractivity contribution in [2.45, 2.75) is 0 Å². The molecule has 0 saturated carbocycles. The summed E-state index contributed by atoms with van der Waals surface area (Å²) in [5.74, 6) is -1.24. The van der Waals surface area contributed by atoms with Crippen molar-refractivity contribution in [3.63, 3.8) is 0 Å². The van der Waals surface area contributed by atoms with E-state index in [9.17, 15) is 14.4 Å². The fourth-order valence-electron chi connectivity index (χ4n) is 1.97. The number of allylic oxidation sites excluding steroid dienone is 1. The number of hydrogen-bond donors (Lipinski definition) is 0. The van der Waals surface area contributed by atoms with Gasteiger partial charge in [-0.25, -0.2) is 4.39 Å². The molecule has 22 heavy (non-hydrogen) atoms. The summed E-state index contributed by atoms with van der Waals surface area (Å²) in [7, 11) is 3.85. The fraction of sp³-hybridized carbons (Fsp3) is 0.111. The largest absolute Gasteiger partial charge is 0.378 e. The van der Waals surface area contributed by atoms with Crippen molar-refractivity contribution in [1.29, 1.82) is 5.26 Å². The van der Waals surface area contributed by atoms with Crippen LogP contribution in [0.15, 0.2) is 54.1 Å². The van der Waals surface area contributed by atoms with E-state index >= 15 is 0 Å². The van der Waals surface area contributed by atoms with Crippen LogP contribution in [-0.4, -0.2) is 19.9 Å². The maximum absolute atomic E-state index is 13.7. The van der Waals surface area contributed by atoms with Crippen LogP contribution in [0.1, 0.15) is 15.9 Å². The average molecular weight is 294 g/mol. The lowest BCUT2D eigenvalue weighted by atomic mass is 10.0. The highest BCUT2D eigenvalue weighted by molar-refractivity contribution is 6.14. The minimum Gasteiger partial charge on any atom is -0.378 e. The first kappa shape index (κ1) is 15.5. The molecule has 0 aromatic heterocycles. The number of hydrogen-bond acceptors (Lipinski definition) is 3. The number of halogens is 1. The topological polar surface area (TPSA) is 44.1 Å². The van der Waals surface area contributed by atoms with E-state index in [1.807, 2.05) is 37.2 Å². The number of nitriles is 1. The Morgan fingerprint density at radius 3 is 2.32 bits per heavy atom. The zero-order valence-corrected chi connectivity index (χ0v) is 12.4. The molecule has 0 fully saturated rings. The second-order valence-electron chi connectivity index (χ2n) is 4.96. The summed E-state index contributed by atoms with van der Waals surface area (Å²) in [6, 6.07) is 14.9. The number of ketones is 1. The summed E-state index contributed by atoms with van der Waals surface area (Å²) in [5.41, 5.74) is 1.53. The van der Waals surface area contributed by atoms with Crippen molar-refractivity contribution in [1.82, 2.24) is 0 Å². The van der Waals surface area contributed by atoms with Crippen LogP contribution in [-0.2, 0) is 0 Å². The number of nitrogens with zero attached hydrogens (tertiary/aromatic N) is 2. The summed E-state index contributed by atoms with van der Waals surface area (Å²) >= 11 is 0. The third-order valence-corrected chi connectivity index (χ3v) is 3.20. The molecule has 0 spiro atoms. The van der Waals surface area contributed by atoms with Crippen molar-refractivity contribution in [3.05, 3.63) is 71.0 Å². The molecule has 0 amide bonds. The van der Waals surface area contributed by atoms with E-state index in [1.54, 1.807) is 18.2 Å². The lowest BCUT2D eigenvalue weighted by Gasteiger charge is -2.11. The summed E-state index contributed by atoms with van der Waals surface area (Å²) in [4.78, 5) is 14.2. The van der Waals surface area contributed by atoms with Crippen LogP contribution in [0, 0.1) is 17.1 Å². The molecular formula is C18H15FN2O. The standard InChI is InChI=1S/C18H15FN2O/c1-21(2)15-9-7-13(8-10-15)11-14(12-20)18(22)16-5-3-4-6-17(16)19/h3-11H,1-2H3/b14-11+. The lowest BCUT2D eigenvalue weighted by molar-refractivity contribution is 0.103. The molecule has 0 aliphatic heterocycles. The lowest BCUT2D eigenvalue weighted by Crippen LogP contribution is -2.08. The number of Topliss-reactive ketones (excluding diaryl/α,β-unsaturated/α-hetero) is 1. The zero-order chi connectivity index (χ0) is 16.1. The first-order chi connectivity index (χ1) is 10.5. The average Bonchev–Trinajstić information content (AvgIpc) is 2.53. The van der Waals surface area contributed by atoms with E-state index < -0.39 is 11.6 Å². The Labute approximate surface area is 128 Å². The predicted molar refractivity (Wildman–Crippen MR) is 85.1 cm³/mol. The Morgan fingerprint density at radius 1 is 1.14 bits per heavy atom. The first-order valence-electron chi connectivity index (χ1n) is 6.71. The Balaban J connectivity index is 2.34. The Kier molecular flexibility index (Phi) is 4.70. The van der Waals surface area contributed by atoms with Gasteiger partial charge in [-0.05, 0) is 35.9 Å². The molecule has 0 N–H and O–H groups in total. The van der Waals surface area contributed by atoms with Crippen LogP contribution in [0.5, 0.6) is 0 Å². The molecule has 0 saturated heterocycles. The summed E-state index contributed by atoms with van der Waals surface area (Å²) < 4.78 is 13.7. The molecule has 2 aromatic rings. The third-order valence-electron chi connectivity index (χ3n) is 3.20. The third kappa shape index (κ3) is 3.39. The quantitative estimate of drug-likeness (QED) is 0.491. The van der Waals surface area contributed by atoms with Crippen LogP contribution >= 0.6 is 0 Å². The van der Waals surface area contributed by atoms with Gasteiger partial charge in [0.05, 0.1) is 5.56 Å². The predicted octanol–water partition coefficient (Wildman–Crippen LogP) is 3.68. The molecule has 2 rings (SSSR count). The molecular weight excluding hydrogens is 279 g/mol. The van der Waals surface area contributed by atoms with Crippen LogP contribution < -0.4 is 4.90 Å². The van der Waals surface area contributed by atoms with Gasteiger partial charge in [0.15, 0.2) is 0 Å². The molecule has 0 radical (unpaired) electrons. The van der Waals surface area contributed by atoms with Gasteiger partial charge in [0.25, 0.3) is 0 Å². The van der Waals surface area contributed by atoms with Gasteiger partial charge < -0.3 is 4.90 Å². The van der Waals surface area contributed by atoms with Gasteiger partial charge in [-0.3, -0.25) is 4.79 Å². The highest BCUT2D eigenvalue weighted by atomic mass is 19.1. The molecule has 4 heteroatoms. The molecule has 0 unspecified atom stereocenters. The van der Waals surface area contributed by atoms with E-state index in [0.717, 1.165) is 5.69 Å². The van der Waals surface area contributed by atoms with Crippen molar-refractivity contribution >= 4 is 17.5 Å². The van der Waals surface area contributed by atoms with Gasteiger partial charge in [-0.15, -0.1) is 0 Å². The maximum atomic E-state index is 13.7. The molecule has 0 heterocycles. The number of carbonyl (C=O) groups excluding carboxylic acids is 1. The summed E-state index contributed by atoms with van der Waals surface area (Å²) in [6.45, 7) is 0. The van der Waals surface area contributed by atoms with E-state index in [-0.39, 0.29) is 11.1 Å². The van der Waals surface area contributed by atoms with Gasteiger partial charge in [0, 0.05) is 19.8 Å². The smallest absolute Gasteiger partial charge is 0.206 e. The van der Waals surface area contributed by atoms with Gasteiger partial charge >= 0.3 is 0 Å². The molecule has 0 aliphatic carbocycles. The Morgan fingerprint density at radius 2 is 1.77 bits per heavy atom. The zero-order valence-electron chi connectivity index (χ0n) is 12.4. The minimum atomic E-state index is -0.628. The molecule has 2 aromatic carbocycles. The Bertz CT molecular complexity index is 755. The highest BCUT2D eigenvalue weighted by Gasteiger charge is 2.15. The highest BCUT2D eigenvalue weighted by Crippen LogP contribution is 2.17. The monoisotopic (exact) mass is 294 g/mol. The minimum absolute atomic E-state index is 0.0947. The second kappa shape index (κ2) is 6.68. The van der Waals surface area contributed by atoms with Gasteiger partial charge in [-0.2, -0.15) is 5.26 Å². The normalized spacial score (nSPS) is 10.9. The summed E-state index contributed by atoms with van der Waals surface area (Å²) in [5, 5.41) is 9.18. The molecule has 0 atom stereocenters. The number of anilines is 1. The van der Waals surface area contributed by atoms with Crippen LogP contribution in [0.2, 0.25) is 0 Å². The van der Waals surface area contributed by atoms with Gasteiger partial charge in [0.1, 0.15) is 17.5 Å². The van der Waals surface area contributed by atoms with E-state index in [4.69, 9.17) is 0 Å². The van der Waals surface area contributed by atoms with Crippen molar-refractivity contribution in [3.8, 4) is 6.07 Å². The van der Waals surface area contributed by atoms with Crippen molar-refractivity contribution < 1.29 is 9.18 Å². The number of carbonyl (C=O) groups is 1. The van der Waals surface area contributed by atoms with E-state index in [1.165, 1.54) is 24.3 Å². The van der Waals surface area contributed by atoms with Gasteiger partial charge in [0.2, 0.25) is 5.78 Å². The molecule has 3 nitrogen and oxygen atoms in total. The van der Waals surface area contributed by atoms with Crippen LogP contribution in [0.3, 0.4) is 0 Å².